The molecule has 12 heteroatoms. The molecule has 0 saturated carbocycles. The minimum absolute atomic E-state index is 0.135. The number of hydrogen-bond acceptors (Lipinski definition) is 5. The molecule has 4 N–H and O–H groups in total. The fraction of sp³-hybridized carbons (Fsp3) is 0.172. The number of aromatic nitrogens is 2. The molecular formula is C29H24ClF2N3O6. The molecule has 2 atom stereocenters. The van der Waals surface area contributed by atoms with Crippen LogP contribution in [0.25, 0.3) is 11.1 Å². The highest BCUT2D eigenvalue weighted by molar-refractivity contribution is 6.30. The van der Waals surface area contributed by atoms with Crippen LogP contribution in [0.3, 0.4) is 0 Å². The van der Waals surface area contributed by atoms with E-state index in [9.17, 15) is 38.5 Å². The number of nitrogens with zero attached hydrogens (tertiary/aromatic N) is 2. The highest BCUT2D eigenvalue weighted by atomic mass is 35.5. The van der Waals surface area contributed by atoms with Gasteiger partial charge in [-0.3, -0.25) is 9.48 Å². The monoisotopic (exact) mass is 583 g/mol. The van der Waals surface area contributed by atoms with Crippen LogP contribution in [0.5, 0.6) is 0 Å². The van der Waals surface area contributed by atoms with Gasteiger partial charge >= 0.3 is 11.9 Å². The second kappa shape index (κ2) is 12.7. The highest BCUT2D eigenvalue weighted by Gasteiger charge is 2.26. The summed E-state index contributed by atoms with van der Waals surface area (Å²) in [6.07, 6.45) is -2.01. The van der Waals surface area contributed by atoms with Crippen molar-refractivity contribution >= 4 is 29.4 Å². The molecular weight excluding hydrogens is 560 g/mol. The lowest BCUT2D eigenvalue weighted by Crippen LogP contribution is -2.40. The number of rotatable bonds is 11. The van der Waals surface area contributed by atoms with E-state index in [0.717, 1.165) is 39.6 Å². The van der Waals surface area contributed by atoms with E-state index in [-0.39, 0.29) is 23.6 Å². The van der Waals surface area contributed by atoms with Crippen molar-refractivity contribution in [2.24, 2.45) is 0 Å². The van der Waals surface area contributed by atoms with Crippen molar-refractivity contribution in [2.45, 2.75) is 31.5 Å². The van der Waals surface area contributed by atoms with E-state index in [4.69, 9.17) is 11.6 Å². The molecule has 0 aliphatic heterocycles. The smallest absolute Gasteiger partial charge is 0.354 e. The summed E-state index contributed by atoms with van der Waals surface area (Å²) in [5.74, 6) is -5.93. The molecule has 212 valence electrons. The Kier molecular flexibility index (Phi) is 9.10. The molecule has 0 spiro atoms. The molecule has 0 aliphatic rings. The molecule has 0 aliphatic carbocycles. The van der Waals surface area contributed by atoms with Crippen LogP contribution in [0.4, 0.5) is 8.78 Å². The fourth-order valence-corrected chi connectivity index (χ4v) is 4.43. The lowest BCUT2D eigenvalue weighted by molar-refractivity contribution is -0.147. The molecule has 41 heavy (non-hydrogen) atoms. The Morgan fingerprint density at radius 1 is 0.951 bits per heavy atom. The number of carboxylic acid groups (broad SMARTS) is 2. The van der Waals surface area contributed by atoms with E-state index < -0.39 is 59.4 Å². The van der Waals surface area contributed by atoms with E-state index in [0.29, 0.717) is 0 Å². The van der Waals surface area contributed by atoms with Crippen molar-refractivity contribution in [1.29, 1.82) is 0 Å². The molecule has 4 aromatic rings. The van der Waals surface area contributed by atoms with E-state index in [1.165, 1.54) is 0 Å². The van der Waals surface area contributed by atoms with Crippen LogP contribution in [0, 0.1) is 11.6 Å². The van der Waals surface area contributed by atoms with Gasteiger partial charge in [0.2, 0.25) is 0 Å². The lowest BCUT2D eigenvalue weighted by Gasteiger charge is -2.20. The number of aliphatic hydroxyl groups excluding tert-OH is 1. The van der Waals surface area contributed by atoms with Crippen LogP contribution in [0.15, 0.2) is 72.8 Å². The van der Waals surface area contributed by atoms with Crippen molar-refractivity contribution in [3.8, 4) is 11.1 Å². The van der Waals surface area contributed by atoms with Gasteiger partial charge in [0.1, 0.15) is 17.3 Å². The predicted molar refractivity (Wildman–Crippen MR) is 145 cm³/mol. The number of hydrogen-bond donors (Lipinski definition) is 4. The largest absolute Gasteiger partial charge is 0.479 e. The summed E-state index contributed by atoms with van der Waals surface area (Å²) in [4.78, 5) is 36.2. The quantitative estimate of drug-likeness (QED) is 0.192. The topological polar surface area (TPSA) is 142 Å². The zero-order valence-electron chi connectivity index (χ0n) is 21.3. The number of aromatic carboxylic acids is 1. The third kappa shape index (κ3) is 7.13. The minimum Gasteiger partial charge on any atom is -0.479 e. The Labute approximate surface area is 237 Å². The lowest BCUT2D eigenvalue weighted by atomic mass is 9.97. The first-order valence-electron chi connectivity index (χ1n) is 12.3. The van der Waals surface area contributed by atoms with Crippen molar-refractivity contribution in [1.82, 2.24) is 15.1 Å². The Bertz CT molecular complexity index is 1580. The summed E-state index contributed by atoms with van der Waals surface area (Å²) in [6.45, 7) is -0.665. The molecule has 0 saturated heterocycles. The molecule has 1 unspecified atom stereocenters. The van der Waals surface area contributed by atoms with Gasteiger partial charge in [-0.2, -0.15) is 5.10 Å². The first-order valence-corrected chi connectivity index (χ1v) is 12.7. The van der Waals surface area contributed by atoms with Gasteiger partial charge < -0.3 is 20.6 Å². The van der Waals surface area contributed by atoms with Crippen LogP contribution in [0.2, 0.25) is 5.02 Å². The van der Waals surface area contributed by atoms with Gasteiger partial charge in [0.15, 0.2) is 11.8 Å². The standard InChI is InChI=1S/C29H24ClF2N3O6/c30-21-10-11-22(31)20(26(21)32)15-35-24(28(38)39)14-23(34-35)27(37)33-19(13-25(36)29(40)41)12-16-6-8-18(9-7-16)17-4-2-1-3-5-17/h1-11,14,19,25,36H,12-13,15H2,(H,33,37)(H,38,39)(H,40,41)/t19?,25-/m1/s1. The average molecular weight is 584 g/mol. The Morgan fingerprint density at radius 3 is 2.24 bits per heavy atom. The van der Waals surface area contributed by atoms with Crippen molar-refractivity contribution in [3.05, 3.63) is 112 Å². The van der Waals surface area contributed by atoms with E-state index in [1.807, 2.05) is 42.5 Å². The Balaban J connectivity index is 1.56. The second-order valence-corrected chi connectivity index (χ2v) is 9.63. The zero-order chi connectivity index (χ0) is 29.7. The predicted octanol–water partition coefficient (Wildman–Crippen LogP) is 4.40. The summed E-state index contributed by atoms with van der Waals surface area (Å²) in [5.41, 5.74) is 1.21. The molecule has 0 fully saturated rings. The number of carboxylic acids is 2. The molecule has 0 radical (unpaired) electrons. The number of amides is 1. The molecule has 1 amide bonds. The van der Waals surface area contributed by atoms with Gasteiger partial charge in [-0.05, 0) is 35.2 Å². The molecule has 1 aromatic heterocycles. The average Bonchev–Trinajstić information content (AvgIpc) is 3.38. The van der Waals surface area contributed by atoms with Crippen LogP contribution in [-0.4, -0.2) is 55.1 Å². The summed E-state index contributed by atoms with van der Waals surface area (Å²) < 4.78 is 29.4. The van der Waals surface area contributed by atoms with Gasteiger partial charge in [-0.1, -0.05) is 66.2 Å². The Hall–Kier alpha value is -4.61. The van der Waals surface area contributed by atoms with Crippen LogP contribution in [0.1, 0.15) is 38.5 Å². The summed E-state index contributed by atoms with van der Waals surface area (Å²) in [6, 6.07) is 18.9. The van der Waals surface area contributed by atoms with E-state index >= 15 is 0 Å². The van der Waals surface area contributed by atoms with Crippen LogP contribution in [-0.2, 0) is 17.8 Å². The van der Waals surface area contributed by atoms with Crippen molar-refractivity contribution < 1.29 is 38.5 Å². The van der Waals surface area contributed by atoms with Crippen molar-refractivity contribution in [2.75, 3.05) is 0 Å². The maximum absolute atomic E-state index is 14.4. The summed E-state index contributed by atoms with van der Waals surface area (Å²) >= 11 is 5.72. The highest BCUT2D eigenvalue weighted by Crippen LogP contribution is 2.23. The van der Waals surface area contributed by atoms with Gasteiger partial charge in [-0.15, -0.1) is 0 Å². The molecule has 3 aromatic carbocycles. The van der Waals surface area contributed by atoms with Crippen LogP contribution >= 0.6 is 11.6 Å². The second-order valence-electron chi connectivity index (χ2n) is 9.23. The summed E-state index contributed by atoms with van der Waals surface area (Å²) in [7, 11) is 0. The SMILES string of the molecule is O=C(NC(Cc1ccc(-c2ccccc2)cc1)C[C@@H](O)C(=O)O)c1cc(C(=O)O)n(Cc2c(F)ccc(Cl)c2F)n1. The number of nitrogens with one attached hydrogen (secondary N) is 1. The van der Waals surface area contributed by atoms with Gasteiger partial charge in [0.25, 0.3) is 5.91 Å². The van der Waals surface area contributed by atoms with Crippen LogP contribution < -0.4 is 5.32 Å². The van der Waals surface area contributed by atoms with Crippen molar-refractivity contribution in [3.63, 3.8) is 0 Å². The number of aliphatic carboxylic acids is 1. The normalized spacial score (nSPS) is 12.5. The number of benzene rings is 3. The molecule has 4 rings (SSSR count). The molecule has 9 nitrogen and oxygen atoms in total. The van der Waals surface area contributed by atoms with Gasteiger partial charge in [0.05, 0.1) is 11.6 Å². The molecule has 0 bridgehead atoms. The third-order valence-electron chi connectivity index (χ3n) is 6.35. The number of aliphatic hydroxyl groups is 1. The first kappa shape index (κ1) is 29.4. The number of carbonyl (C=O) groups excluding carboxylic acids is 1. The fourth-order valence-electron chi connectivity index (χ4n) is 4.26. The number of halogens is 3. The maximum atomic E-state index is 14.4. The van der Waals surface area contributed by atoms with Gasteiger partial charge in [-0.25, -0.2) is 18.4 Å². The first-order chi connectivity index (χ1) is 19.5. The van der Waals surface area contributed by atoms with E-state index in [1.54, 1.807) is 12.1 Å². The summed E-state index contributed by atoms with van der Waals surface area (Å²) in [5, 5.41) is 34.9. The number of carbonyl (C=O) groups is 3. The van der Waals surface area contributed by atoms with Gasteiger partial charge in [0, 0.05) is 24.1 Å². The minimum atomic E-state index is -1.79. The van der Waals surface area contributed by atoms with E-state index in [2.05, 4.69) is 10.4 Å². The third-order valence-corrected chi connectivity index (χ3v) is 6.64. The molecule has 1 heterocycles. The maximum Gasteiger partial charge on any atom is 0.354 e. The zero-order valence-corrected chi connectivity index (χ0v) is 22.1. The Morgan fingerprint density at radius 2 is 1.61 bits per heavy atom.